The number of piperidine rings is 1. The van der Waals surface area contributed by atoms with Crippen molar-refractivity contribution >= 4 is 23.8 Å². The molecule has 0 unspecified atom stereocenters. The molecule has 35 heavy (non-hydrogen) atoms. The zero-order chi connectivity index (χ0) is 25.4. The summed E-state index contributed by atoms with van der Waals surface area (Å²) < 4.78 is 5.46. The average molecular weight is 491 g/mol. The van der Waals surface area contributed by atoms with Crippen LogP contribution < -0.4 is 16.0 Å². The van der Waals surface area contributed by atoms with Gasteiger partial charge in [0, 0.05) is 37.9 Å². The highest BCUT2D eigenvalue weighted by Crippen LogP contribution is 2.24. The number of carbonyl (C=O) groups is 2. The van der Waals surface area contributed by atoms with Crippen LogP contribution in [0.25, 0.3) is 0 Å². The van der Waals surface area contributed by atoms with Crippen molar-refractivity contribution in [3.8, 4) is 0 Å². The van der Waals surface area contributed by atoms with Crippen LogP contribution in [0.4, 0.5) is 16.6 Å². The highest BCUT2D eigenvalue weighted by molar-refractivity contribution is 5.98. The number of carbonyl (C=O) groups excluding carboxylic acids is 2. The number of hydrogen-bond donors (Lipinski definition) is 4. The van der Waals surface area contributed by atoms with Gasteiger partial charge in [0.25, 0.3) is 5.91 Å². The summed E-state index contributed by atoms with van der Waals surface area (Å²) in [4.78, 5) is 36.2. The number of likely N-dealkylation sites (tertiary alicyclic amines) is 1. The van der Waals surface area contributed by atoms with Crippen molar-refractivity contribution in [1.82, 2.24) is 20.2 Å². The van der Waals surface area contributed by atoms with E-state index in [9.17, 15) is 14.7 Å². The van der Waals surface area contributed by atoms with Crippen molar-refractivity contribution in [3.63, 3.8) is 0 Å². The molecule has 1 aromatic rings. The van der Waals surface area contributed by atoms with Crippen LogP contribution in [0, 0.1) is 0 Å². The average Bonchev–Trinajstić information content (AvgIpc) is 2.80. The quantitative estimate of drug-likeness (QED) is 0.407. The highest BCUT2D eigenvalue weighted by atomic mass is 16.6. The monoisotopic (exact) mass is 490 g/mol. The van der Waals surface area contributed by atoms with E-state index in [0.717, 1.165) is 45.1 Å². The smallest absolute Gasteiger partial charge is 0.410 e. The first kappa shape index (κ1) is 27.0. The Morgan fingerprint density at radius 3 is 2.43 bits per heavy atom. The molecule has 0 radical (unpaired) electrons. The minimum atomic E-state index is -0.528. The van der Waals surface area contributed by atoms with Crippen LogP contribution in [0.5, 0.6) is 0 Å². The van der Waals surface area contributed by atoms with Crippen LogP contribution in [-0.4, -0.2) is 75.4 Å². The Kier molecular flexibility index (Phi) is 9.54. The highest BCUT2D eigenvalue weighted by Gasteiger charge is 2.29. The zero-order valence-electron chi connectivity index (χ0n) is 21.6. The third-order valence-electron chi connectivity index (χ3n) is 6.37. The fourth-order valence-electron chi connectivity index (χ4n) is 4.33. The van der Waals surface area contributed by atoms with Crippen molar-refractivity contribution in [2.75, 3.05) is 30.3 Å². The maximum absolute atomic E-state index is 13.2. The first-order valence-electron chi connectivity index (χ1n) is 13.0. The number of nitrogens with zero attached hydrogens (tertiary/aromatic N) is 3. The molecule has 1 aliphatic carbocycles. The third kappa shape index (κ3) is 8.52. The summed E-state index contributed by atoms with van der Waals surface area (Å²) in [6.45, 7) is 9.52. The largest absolute Gasteiger partial charge is 0.444 e. The number of nitrogens with one attached hydrogen (secondary N) is 3. The summed E-state index contributed by atoms with van der Waals surface area (Å²) >= 11 is 0. The second kappa shape index (κ2) is 12.4. The van der Waals surface area contributed by atoms with Gasteiger partial charge >= 0.3 is 6.09 Å². The molecule has 2 amide bonds. The van der Waals surface area contributed by atoms with Gasteiger partial charge < -0.3 is 30.7 Å². The fraction of sp³-hybridized carbons (Fsp3) is 0.760. The summed E-state index contributed by atoms with van der Waals surface area (Å²) in [6.07, 6.45) is 7.54. The summed E-state index contributed by atoms with van der Waals surface area (Å²) in [5.41, 5.74) is -0.119. The predicted molar refractivity (Wildman–Crippen MR) is 136 cm³/mol. The lowest BCUT2D eigenvalue weighted by atomic mass is 9.93. The Balaban J connectivity index is 1.62. The standard InChI is InChI=1S/C25H42N6O4/c1-5-6-13-26-23-27-16-20(21(30-23)28-17-7-9-19(32)10-8-17)22(33)29-18-11-14-31(15-12-18)24(34)35-25(2,3)4/h16-19,32H,5-15H2,1-4H3,(H,29,33)(H2,26,27,28,30)/t17-,19-. The predicted octanol–water partition coefficient (Wildman–Crippen LogP) is 3.53. The third-order valence-corrected chi connectivity index (χ3v) is 6.37. The van der Waals surface area contributed by atoms with Crippen molar-refractivity contribution < 1.29 is 19.4 Å². The van der Waals surface area contributed by atoms with E-state index in [1.807, 2.05) is 20.8 Å². The van der Waals surface area contributed by atoms with E-state index in [-0.39, 0.29) is 30.2 Å². The molecule has 1 saturated heterocycles. The minimum Gasteiger partial charge on any atom is -0.444 e. The molecule has 1 aromatic heterocycles. The molecule has 2 heterocycles. The molecule has 196 valence electrons. The Morgan fingerprint density at radius 1 is 1.11 bits per heavy atom. The van der Waals surface area contributed by atoms with Crippen molar-refractivity contribution in [3.05, 3.63) is 11.8 Å². The molecule has 4 N–H and O–H groups in total. The SMILES string of the molecule is CCCCNc1ncc(C(=O)NC2CCN(C(=O)OC(C)(C)C)CC2)c(N[C@H]2CC[C@H](O)CC2)n1. The van der Waals surface area contributed by atoms with E-state index in [2.05, 4.69) is 32.8 Å². The second-order valence-electron chi connectivity index (χ2n) is 10.6. The van der Waals surface area contributed by atoms with Gasteiger partial charge in [-0.1, -0.05) is 13.3 Å². The molecule has 1 aliphatic heterocycles. The minimum absolute atomic E-state index is 0.0405. The van der Waals surface area contributed by atoms with Crippen molar-refractivity contribution in [2.24, 2.45) is 0 Å². The Labute approximate surface area is 208 Å². The van der Waals surface area contributed by atoms with E-state index < -0.39 is 5.60 Å². The lowest BCUT2D eigenvalue weighted by molar-refractivity contribution is 0.0199. The maximum atomic E-state index is 13.2. The van der Waals surface area contributed by atoms with Gasteiger partial charge in [0.15, 0.2) is 0 Å². The lowest BCUT2D eigenvalue weighted by Crippen LogP contribution is -2.48. The molecule has 1 saturated carbocycles. The second-order valence-corrected chi connectivity index (χ2v) is 10.6. The number of aliphatic hydroxyl groups excluding tert-OH is 1. The van der Waals surface area contributed by atoms with E-state index in [1.165, 1.54) is 0 Å². The van der Waals surface area contributed by atoms with E-state index >= 15 is 0 Å². The van der Waals surface area contributed by atoms with Gasteiger partial charge in [-0.25, -0.2) is 9.78 Å². The number of aromatic nitrogens is 2. The van der Waals surface area contributed by atoms with E-state index in [4.69, 9.17) is 4.74 Å². The van der Waals surface area contributed by atoms with Gasteiger partial charge in [0.2, 0.25) is 5.95 Å². The topological polar surface area (TPSA) is 129 Å². The molecular weight excluding hydrogens is 448 g/mol. The number of amides is 2. The number of ether oxygens (including phenoxy) is 1. The molecule has 3 rings (SSSR count). The van der Waals surface area contributed by atoms with E-state index in [1.54, 1.807) is 11.1 Å². The van der Waals surface area contributed by atoms with Crippen LogP contribution >= 0.6 is 0 Å². The summed E-state index contributed by atoms with van der Waals surface area (Å²) in [5, 5.41) is 19.6. The van der Waals surface area contributed by atoms with Crippen LogP contribution in [-0.2, 0) is 4.74 Å². The molecule has 0 aromatic carbocycles. The Hall–Kier alpha value is -2.62. The van der Waals surface area contributed by atoms with Crippen molar-refractivity contribution in [1.29, 1.82) is 0 Å². The number of anilines is 2. The molecule has 0 spiro atoms. The summed E-state index contributed by atoms with van der Waals surface area (Å²) in [5.74, 6) is 0.794. The zero-order valence-corrected chi connectivity index (χ0v) is 21.6. The Morgan fingerprint density at radius 2 is 1.80 bits per heavy atom. The van der Waals surface area contributed by atoms with Crippen LogP contribution in [0.2, 0.25) is 0 Å². The Bertz CT molecular complexity index is 843. The van der Waals surface area contributed by atoms with E-state index in [0.29, 0.717) is 43.3 Å². The molecule has 2 aliphatic rings. The molecule has 0 bridgehead atoms. The van der Waals surface area contributed by atoms with Crippen molar-refractivity contribution in [2.45, 2.75) is 103 Å². The van der Waals surface area contributed by atoms with Gasteiger partial charge in [0.05, 0.1) is 6.10 Å². The van der Waals surface area contributed by atoms with Crippen LogP contribution in [0.1, 0.15) is 89.4 Å². The lowest BCUT2D eigenvalue weighted by Gasteiger charge is -2.33. The van der Waals surface area contributed by atoms with Crippen LogP contribution in [0.3, 0.4) is 0 Å². The number of rotatable bonds is 8. The number of unbranched alkanes of at least 4 members (excludes halogenated alkanes) is 1. The summed E-state index contributed by atoms with van der Waals surface area (Å²) in [7, 11) is 0. The maximum Gasteiger partial charge on any atom is 0.410 e. The summed E-state index contributed by atoms with van der Waals surface area (Å²) in [6, 6.07) is 0.113. The number of hydrogen-bond acceptors (Lipinski definition) is 8. The molecular formula is C25H42N6O4. The van der Waals surface area contributed by atoms with Gasteiger partial charge in [-0.15, -0.1) is 0 Å². The number of aliphatic hydroxyl groups is 1. The van der Waals surface area contributed by atoms with Gasteiger partial charge in [-0.3, -0.25) is 4.79 Å². The van der Waals surface area contributed by atoms with Gasteiger partial charge in [-0.05, 0) is 65.7 Å². The van der Waals surface area contributed by atoms with Gasteiger partial charge in [0.1, 0.15) is 17.0 Å². The first-order valence-corrected chi connectivity index (χ1v) is 13.0. The fourth-order valence-corrected chi connectivity index (χ4v) is 4.33. The molecule has 10 nitrogen and oxygen atoms in total. The molecule has 10 heteroatoms. The normalized spacial score (nSPS) is 21.3. The molecule has 0 atom stereocenters. The molecule has 2 fully saturated rings. The van der Waals surface area contributed by atoms with Crippen LogP contribution in [0.15, 0.2) is 6.20 Å². The first-order chi connectivity index (χ1) is 16.6. The van der Waals surface area contributed by atoms with Gasteiger partial charge in [-0.2, -0.15) is 4.98 Å².